The molecule has 2 aromatic rings. The summed E-state index contributed by atoms with van der Waals surface area (Å²) in [5.41, 5.74) is 1.31. The van der Waals surface area contributed by atoms with Gasteiger partial charge in [-0.15, -0.1) is 11.3 Å². The minimum Gasteiger partial charge on any atom is -0.381 e. The van der Waals surface area contributed by atoms with Crippen molar-refractivity contribution in [2.45, 2.75) is 44.7 Å². The number of nitrogens with one attached hydrogen (secondary N) is 3. The van der Waals surface area contributed by atoms with Crippen molar-refractivity contribution in [3.8, 4) is 0 Å². The summed E-state index contributed by atoms with van der Waals surface area (Å²) in [4.78, 5) is 5.89. The third-order valence-electron chi connectivity index (χ3n) is 5.84. The Bertz CT molecular complexity index is 757. The molecule has 5 nitrogen and oxygen atoms in total. The third kappa shape index (κ3) is 6.83. The van der Waals surface area contributed by atoms with Crippen molar-refractivity contribution in [1.29, 1.82) is 0 Å². The van der Waals surface area contributed by atoms with Gasteiger partial charge in [-0.1, -0.05) is 43.3 Å². The highest BCUT2D eigenvalue weighted by Gasteiger charge is 2.34. The molecule has 0 spiro atoms. The molecule has 0 bridgehead atoms. The summed E-state index contributed by atoms with van der Waals surface area (Å²) in [6.07, 6.45) is 3.07. The van der Waals surface area contributed by atoms with Gasteiger partial charge in [0.05, 0.1) is 0 Å². The lowest BCUT2D eigenvalue weighted by atomic mass is 9.88. The van der Waals surface area contributed by atoms with Crippen molar-refractivity contribution in [1.82, 2.24) is 16.0 Å². The predicted octanol–water partition coefficient (Wildman–Crippen LogP) is 3.99. The van der Waals surface area contributed by atoms with E-state index in [1.807, 2.05) is 18.4 Å². The molecule has 30 heavy (non-hydrogen) atoms. The fraction of sp³-hybridized carbons (Fsp3) is 0.542. The van der Waals surface area contributed by atoms with Gasteiger partial charge in [0.2, 0.25) is 0 Å². The van der Waals surface area contributed by atoms with E-state index < -0.39 is 0 Å². The van der Waals surface area contributed by atoms with Crippen LogP contribution in [-0.4, -0.2) is 44.8 Å². The fourth-order valence-electron chi connectivity index (χ4n) is 4.01. The van der Waals surface area contributed by atoms with E-state index in [1.54, 1.807) is 0 Å². The molecule has 1 aromatic carbocycles. The van der Waals surface area contributed by atoms with Gasteiger partial charge < -0.3 is 20.7 Å². The first kappa shape index (κ1) is 22.8. The van der Waals surface area contributed by atoms with Crippen LogP contribution in [0, 0.1) is 5.92 Å². The first-order valence-electron chi connectivity index (χ1n) is 11.0. The number of guanidine groups is 1. The topological polar surface area (TPSA) is 57.7 Å². The summed E-state index contributed by atoms with van der Waals surface area (Å²) >= 11 is 1.83. The lowest BCUT2D eigenvalue weighted by molar-refractivity contribution is 0.0355. The summed E-state index contributed by atoms with van der Waals surface area (Å²) in [7, 11) is 1.84. The van der Waals surface area contributed by atoms with Crippen LogP contribution in [0.2, 0.25) is 0 Å². The molecule has 2 unspecified atom stereocenters. The number of benzene rings is 1. The van der Waals surface area contributed by atoms with Crippen LogP contribution in [0.5, 0.6) is 0 Å². The molecule has 1 fully saturated rings. The van der Waals surface area contributed by atoms with Crippen LogP contribution < -0.4 is 16.0 Å². The van der Waals surface area contributed by atoms with Crippen molar-refractivity contribution in [2.75, 3.05) is 33.4 Å². The van der Waals surface area contributed by atoms with Gasteiger partial charge in [0.1, 0.15) is 0 Å². The maximum atomic E-state index is 5.66. The van der Waals surface area contributed by atoms with Gasteiger partial charge >= 0.3 is 0 Å². The van der Waals surface area contributed by atoms with E-state index in [2.05, 4.69) is 82.6 Å². The number of aliphatic imine (C=N–C) groups is 1. The van der Waals surface area contributed by atoms with Crippen LogP contribution in [0.1, 0.15) is 43.2 Å². The minimum atomic E-state index is -0.00624. The second-order valence-corrected chi connectivity index (χ2v) is 9.40. The smallest absolute Gasteiger partial charge is 0.191 e. The molecule has 0 saturated carbocycles. The van der Waals surface area contributed by atoms with Crippen LogP contribution in [0.3, 0.4) is 0 Å². The van der Waals surface area contributed by atoms with Crippen LogP contribution in [0.25, 0.3) is 0 Å². The highest BCUT2D eigenvalue weighted by molar-refractivity contribution is 7.09. The van der Waals surface area contributed by atoms with Crippen molar-refractivity contribution in [2.24, 2.45) is 10.9 Å². The molecule has 0 aliphatic carbocycles. The summed E-state index contributed by atoms with van der Waals surface area (Å²) in [5.74, 6) is 1.42. The van der Waals surface area contributed by atoms with E-state index >= 15 is 0 Å². The molecule has 1 aliphatic heterocycles. The fourth-order valence-corrected chi connectivity index (χ4v) is 4.88. The van der Waals surface area contributed by atoms with Gasteiger partial charge in [-0.2, -0.15) is 0 Å². The first-order chi connectivity index (χ1) is 14.6. The van der Waals surface area contributed by atoms with Crippen LogP contribution in [0.15, 0.2) is 52.8 Å². The van der Waals surface area contributed by atoms with Gasteiger partial charge in [0.25, 0.3) is 0 Å². The van der Waals surface area contributed by atoms with Gasteiger partial charge in [-0.3, -0.25) is 4.99 Å². The van der Waals surface area contributed by atoms with E-state index in [-0.39, 0.29) is 11.6 Å². The Morgan fingerprint density at radius 1 is 1.10 bits per heavy atom. The summed E-state index contributed by atoms with van der Waals surface area (Å²) < 4.78 is 5.66. The second-order valence-electron chi connectivity index (χ2n) is 8.36. The average Bonchev–Trinajstić information content (AvgIpc) is 3.28. The van der Waals surface area contributed by atoms with E-state index in [4.69, 9.17) is 4.74 Å². The van der Waals surface area contributed by atoms with Crippen molar-refractivity contribution < 1.29 is 4.74 Å². The predicted molar refractivity (Wildman–Crippen MR) is 127 cm³/mol. The normalized spacial score (nSPS) is 18.6. The average molecular weight is 429 g/mol. The third-order valence-corrected chi connectivity index (χ3v) is 6.74. The Kier molecular flexibility index (Phi) is 8.73. The maximum Gasteiger partial charge on any atom is 0.191 e. The standard InChI is InChI=1S/C24H36N4OS/c1-19(16-22-10-7-15-30-22)17-26-23(25-3)27-18-24(11-13-29-14-12-24)28-20(2)21-8-5-4-6-9-21/h4-10,15,19-20,28H,11-14,16-18H2,1-3H3,(H2,25,26,27). The molecule has 1 aliphatic rings. The van der Waals surface area contributed by atoms with E-state index in [0.29, 0.717) is 5.92 Å². The molecule has 3 N–H and O–H groups in total. The summed E-state index contributed by atoms with van der Waals surface area (Å²) in [6.45, 7) is 7.84. The largest absolute Gasteiger partial charge is 0.381 e. The Hall–Kier alpha value is -1.89. The van der Waals surface area contributed by atoms with Gasteiger partial charge in [0, 0.05) is 49.8 Å². The van der Waals surface area contributed by atoms with Gasteiger partial charge in [0.15, 0.2) is 5.96 Å². The van der Waals surface area contributed by atoms with Crippen molar-refractivity contribution in [3.63, 3.8) is 0 Å². The van der Waals surface area contributed by atoms with Crippen molar-refractivity contribution in [3.05, 3.63) is 58.3 Å². The number of hydrogen-bond acceptors (Lipinski definition) is 4. The summed E-state index contributed by atoms with van der Waals surface area (Å²) in [6, 6.07) is 15.3. The molecule has 164 valence electrons. The number of rotatable bonds is 9. The van der Waals surface area contributed by atoms with Crippen LogP contribution in [0.4, 0.5) is 0 Å². The molecule has 1 aromatic heterocycles. The Balaban J connectivity index is 1.53. The molecule has 3 rings (SSSR count). The highest BCUT2D eigenvalue weighted by atomic mass is 32.1. The zero-order chi connectivity index (χ0) is 21.2. The lowest BCUT2D eigenvalue weighted by Gasteiger charge is -2.41. The summed E-state index contributed by atoms with van der Waals surface area (Å²) in [5, 5.41) is 13.1. The minimum absolute atomic E-state index is 0.00624. The number of ether oxygens (including phenoxy) is 1. The molecule has 6 heteroatoms. The molecule has 2 atom stereocenters. The Labute approximate surface area is 185 Å². The van der Waals surface area contributed by atoms with E-state index in [1.165, 1.54) is 10.4 Å². The molecular formula is C24H36N4OS. The van der Waals surface area contributed by atoms with Crippen molar-refractivity contribution >= 4 is 17.3 Å². The maximum absolute atomic E-state index is 5.66. The van der Waals surface area contributed by atoms with Crippen LogP contribution >= 0.6 is 11.3 Å². The monoisotopic (exact) mass is 428 g/mol. The molecule has 0 radical (unpaired) electrons. The number of nitrogens with zero attached hydrogens (tertiary/aromatic N) is 1. The lowest BCUT2D eigenvalue weighted by Crippen LogP contribution is -2.58. The Morgan fingerprint density at radius 3 is 2.53 bits per heavy atom. The molecule has 0 amide bonds. The molecule has 1 saturated heterocycles. The molecule has 2 heterocycles. The Morgan fingerprint density at radius 2 is 1.87 bits per heavy atom. The van der Waals surface area contributed by atoms with Gasteiger partial charge in [-0.05, 0) is 49.1 Å². The number of thiophene rings is 1. The number of hydrogen-bond donors (Lipinski definition) is 3. The van der Waals surface area contributed by atoms with Crippen LogP contribution in [-0.2, 0) is 11.2 Å². The quantitative estimate of drug-likeness (QED) is 0.418. The first-order valence-corrected chi connectivity index (χ1v) is 11.9. The SMILES string of the molecule is CN=C(NCC(C)Cc1cccs1)NCC1(NC(C)c2ccccc2)CCOCC1. The zero-order valence-corrected chi connectivity index (χ0v) is 19.3. The highest BCUT2D eigenvalue weighted by Crippen LogP contribution is 2.25. The van der Waals surface area contributed by atoms with Gasteiger partial charge in [-0.25, -0.2) is 0 Å². The zero-order valence-electron chi connectivity index (χ0n) is 18.5. The molecular weight excluding hydrogens is 392 g/mol. The van der Waals surface area contributed by atoms with E-state index in [9.17, 15) is 0 Å². The van der Waals surface area contributed by atoms with E-state index in [0.717, 1.165) is 51.5 Å². The second kappa shape index (κ2) is 11.5.